The van der Waals surface area contributed by atoms with Crippen molar-refractivity contribution in [1.82, 2.24) is 5.16 Å². The number of carboxylic acid groups (broad SMARTS) is 1. The Hall–Kier alpha value is -1.88. The van der Waals surface area contributed by atoms with Gasteiger partial charge < -0.3 is 9.63 Å². The lowest BCUT2D eigenvalue weighted by Gasteiger charge is -1.96. The maximum atomic E-state index is 10.9. The van der Waals surface area contributed by atoms with Gasteiger partial charge in [-0.3, -0.25) is 0 Å². The minimum atomic E-state index is -1.09. The highest BCUT2D eigenvalue weighted by atomic mass is 32.1. The summed E-state index contributed by atoms with van der Waals surface area (Å²) in [4.78, 5) is 10.9. The number of aromatic carboxylic acids is 1. The number of hydrogen-bond donors (Lipinski definition) is 2. The molecule has 5 heteroatoms. The van der Waals surface area contributed by atoms with Crippen LogP contribution in [0.5, 0.6) is 0 Å². The zero-order chi connectivity index (χ0) is 10.8. The van der Waals surface area contributed by atoms with Crippen LogP contribution in [0.15, 0.2) is 34.9 Å². The lowest BCUT2D eigenvalue weighted by atomic mass is 10.1. The molecule has 0 unspecified atom stereocenters. The van der Waals surface area contributed by atoms with Crippen molar-refractivity contribution in [2.24, 2.45) is 0 Å². The number of hydrogen-bond acceptors (Lipinski definition) is 3. The van der Waals surface area contributed by atoms with E-state index in [1.807, 2.05) is 18.2 Å². The molecule has 4 nitrogen and oxygen atoms in total. The van der Waals surface area contributed by atoms with E-state index in [0.717, 1.165) is 5.56 Å². The Morgan fingerprint density at radius 1 is 1.33 bits per heavy atom. The zero-order valence-electron chi connectivity index (χ0n) is 7.56. The van der Waals surface area contributed by atoms with Gasteiger partial charge in [0.25, 0.3) is 0 Å². The summed E-state index contributed by atoms with van der Waals surface area (Å²) < 4.78 is 4.78. The van der Waals surface area contributed by atoms with Crippen LogP contribution >= 0.6 is 12.2 Å². The molecule has 15 heavy (non-hydrogen) atoms. The molecule has 0 atom stereocenters. The lowest BCUT2D eigenvalue weighted by Crippen LogP contribution is -1.97. The van der Waals surface area contributed by atoms with Crippen molar-refractivity contribution in [2.45, 2.75) is 0 Å². The second-order valence-corrected chi connectivity index (χ2v) is 3.28. The first-order valence-corrected chi connectivity index (χ1v) is 4.61. The molecule has 76 valence electrons. The van der Waals surface area contributed by atoms with Gasteiger partial charge in [0.1, 0.15) is 5.56 Å². The first-order chi connectivity index (χ1) is 7.20. The van der Waals surface area contributed by atoms with E-state index in [-0.39, 0.29) is 10.3 Å². The molecule has 2 N–H and O–H groups in total. The summed E-state index contributed by atoms with van der Waals surface area (Å²) in [5, 5.41) is 11.5. The van der Waals surface area contributed by atoms with Gasteiger partial charge in [0.15, 0.2) is 0 Å². The molecule has 0 fully saturated rings. The molecule has 0 aliphatic heterocycles. The second kappa shape index (κ2) is 3.70. The Morgan fingerprint density at radius 3 is 2.60 bits per heavy atom. The summed E-state index contributed by atoms with van der Waals surface area (Å²) in [6.45, 7) is 0. The van der Waals surface area contributed by atoms with E-state index in [9.17, 15) is 4.79 Å². The highest BCUT2D eigenvalue weighted by molar-refractivity contribution is 7.71. The fraction of sp³-hybridized carbons (Fsp3) is 0. The molecule has 0 bridgehead atoms. The molecular weight excluding hydrogens is 214 g/mol. The molecule has 2 rings (SSSR count). The Labute approximate surface area is 90.1 Å². The molecule has 0 aliphatic carbocycles. The topological polar surface area (TPSA) is 66.2 Å². The molecule has 1 aromatic heterocycles. The molecule has 0 saturated heterocycles. The molecule has 0 saturated carbocycles. The number of nitrogens with one attached hydrogen (secondary N) is 1. The number of benzene rings is 1. The molecule has 0 radical (unpaired) electrons. The monoisotopic (exact) mass is 221 g/mol. The lowest BCUT2D eigenvalue weighted by molar-refractivity contribution is 0.0696. The molecule has 0 spiro atoms. The smallest absolute Gasteiger partial charge is 0.342 e. The number of H-pyrrole nitrogens is 1. The van der Waals surface area contributed by atoms with Gasteiger partial charge in [-0.2, -0.15) is 0 Å². The van der Waals surface area contributed by atoms with Gasteiger partial charge in [-0.05, 0) is 12.2 Å². The maximum Gasteiger partial charge on any atom is 0.342 e. The minimum absolute atomic E-state index is 0.00352. The van der Waals surface area contributed by atoms with E-state index >= 15 is 0 Å². The van der Waals surface area contributed by atoms with Crippen LogP contribution < -0.4 is 0 Å². The van der Waals surface area contributed by atoms with Crippen LogP contribution in [0.1, 0.15) is 10.4 Å². The van der Waals surface area contributed by atoms with E-state index in [0.29, 0.717) is 5.69 Å². The van der Waals surface area contributed by atoms with Gasteiger partial charge in [-0.1, -0.05) is 30.3 Å². The van der Waals surface area contributed by atoms with Crippen LogP contribution in [-0.4, -0.2) is 16.2 Å². The third-order valence-electron chi connectivity index (χ3n) is 1.98. The van der Waals surface area contributed by atoms with Gasteiger partial charge in [0, 0.05) is 5.56 Å². The third kappa shape index (κ3) is 1.69. The molecule has 1 heterocycles. The molecule has 0 amide bonds. The summed E-state index contributed by atoms with van der Waals surface area (Å²) in [7, 11) is 0. The molecule has 0 aliphatic rings. The second-order valence-electron chi connectivity index (χ2n) is 2.91. The molecule has 1 aromatic carbocycles. The summed E-state index contributed by atoms with van der Waals surface area (Å²) in [6, 6.07) is 9.03. The number of rotatable bonds is 2. The van der Waals surface area contributed by atoms with Crippen LogP contribution in [0.25, 0.3) is 11.3 Å². The van der Waals surface area contributed by atoms with E-state index in [1.165, 1.54) is 0 Å². The van der Waals surface area contributed by atoms with E-state index < -0.39 is 5.97 Å². The fourth-order valence-electron chi connectivity index (χ4n) is 1.30. The SMILES string of the molecule is O=C(O)c1c(-c2ccccc2)[nH]oc1=S. The molecular formula is C10H7NO3S. The fourth-order valence-corrected chi connectivity index (χ4v) is 1.53. The predicted octanol–water partition coefficient (Wildman–Crippen LogP) is 2.70. The highest BCUT2D eigenvalue weighted by Gasteiger charge is 2.17. The van der Waals surface area contributed by atoms with Gasteiger partial charge >= 0.3 is 5.97 Å². The quantitative estimate of drug-likeness (QED) is 0.765. The van der Waals surface area contributed by atoms with Crippen molar-refractivity contribution in [3.8, 4) is 11.3 Å². The van der Waals surface area contributed by atoms with Crippen LogP contribution in [-0.2, 0) is 0 Å². The summed E-state index contributed by atoms with van der Waals surface area (Å²) in [6.07, 6.45) is 0. The Bertz CT molecular complexity index is 541. The van der Waals surface area contributed by atoms with Crippen LogP contribution in [0.4, 0.5) is 0 Å². The van der Waals surface area contributed by atoms with Gasteiger partial charge in [-0.15, -0.1) is 0 Å². The van der Waals surface area contributed by atoms with Crippen molar-refractivity contribution >= 4 is 18.2 Å². The Morgan fingerprint density at radius 2 is 2.00 bits per heavy atom. The number of carbonyl (C=O) groups is 1. The van der Waals surface area contributed by atoms with Crippen molar-refractivity contribution in [2.75, 3.05) is 0 Å². The standard InChI is InChI=1S/C10H7NO3S/c12-9(13)7-8(11-14-10(7)15)6-4-2-1-3-5-6/h1-5,11H,(H,12,13). The average Bonchev–Trinajstić information content (AvgIpc) is 2.61. The Balaban J connectivity index is 2.65. The van der Waals surface area contributed by atoms with E-state index in [1.54, 1.807) is 12.1 Å². The van der Waals surface area contributed by atoms with E-state index in [2.05, 4.69) is 5.16 Å². The first kappa shape index (κ1) is 9.67. The average molecular weight is 221 g/mol. The molecule has 2 aromatic rings. The Kier molecular flexibility index (Phi) is 2.39. The van der Waals surface area contributed by atoms with Gasteiger partial charge in [-0.25, -0.2) is 9.95 Å². The van der Waals surface area contributed by atoms with Crippen LogP contribution in [0.2, 0.25) is 0 Å². The van der Waals surface area contributed by atoms with Crippen LogP contribution in [0, 0.1) is 4.71 Å². The van der Waals surface area contributed by atoms with Gasteiger partial charge in [0.2, 0.25) is 4.71 Å². The van der Waals surface area contributed by atoms with Crippen LogP contribution in [0.3, 0.4) is 0 Å². The number of aromatic amines is 1. The predicted molar refractivity (Wildman–Crippen MR) is 56.3 cm³/mol. The summed E-state index contributed by atoms with van der Waals surface area (Å²) in [5.74, 6) is -1.09. The summed E-state index contributed by atoms with van der Waals surface area (Å²) in [5.41, 5.74) is 1.12. The first-order valence-electron chi connectivity index (χ1n) is 4.20. The third-order valence-corrected chi connectivity index (χ3v) is 2.26. The van der Waals surface area contributed by atoms with Gasteiger partial charge in [0.05, 0.1) is 5.69 Å². The van der Waals surface area contributed by atoms with Crippen molar-refractivity contribution < 1.29 is 14.4 Å². The van der Waals surface area contributed by atoms with Crippen molar-refractivity contribution in [3.05, 3.63) is 40.6 Å². The maximum absolute atomic E-state index is 10.9. The minimum Gasteiger partial charge on any atom is -0.477 e. The van der Waals surface area contributed by atoms with E-state index in [4.69, 9.17) is 21.8 Å². The highest BCUT2D eigenvalue weighted by Crippen LogP contribution is 2.22. The van der Waals surface area contributed by atoms with Crippen molar-refractivity contribution in [1.29, 1.82) is 0 Å². The number of aromatic nitrogens is 1. The van der Waals surface area contributed by atoms with Crippen molar-refractivity contribution in [3.63, 3.8) is 0 Å². The summed E-state index contributed by atoms with van der Waals surface area (Å²) >= 11 is 4.77. The normalized spacial score (nSPS) is 10.1. The largest absolute Gasteiger partial charge is 0.477 e. The number of carboxylic acids is 1. The zero-order valence-corrected chi connectivity index (χ0v) is 8.38.